The van der Waals surface area contributed by atoms with E-state index < -0.39 is 0 Å². The van der Waals surface area contributed by atoms with Crippen molar-refractivity contribution in [3.05, 3.63) is 56.5 Å². The third kappa shape index (κ3) is 3.80. The number of aromatic nitrogens is 4. The average molecular weight is 371 g/mol. The molecule has 3 rings (SSSR count). The summed E-state index contributed by atoms with van der Waals surface area (Å²) in [6.45, 7) is 4.19. The van der Waals surface area contributed by atoms with Crippen LogP contribution in [0.5, 0.6) is 5.75 Å². The summed E-state index contributed by atoms with van der Waals surface area (Å²) in [5.74, 6) is 0.322. The van der Waals surface area contributed by atoms with Crippen molar-refractivity contribution in [3.8, 4) is 5.75 Å². The fraction of sp³-hybridized carbons (Fsp3) is 0.421. The van der Waals surface area contributed by atoms with Gasteiger partial charge in [0, 0.05) is 20.6 Å². The Morgan fingerprint density at radius 2 is 1.93 bits per heavy atom. The lowest BCUT2D eigenvalue weighted by atomic mass is 10.1. The van der Waals surface area contributed by atoms with Crippen LogP contribution in [0.25, 0.3) is 11.2 Å². The Morgan fingerprint density at radius 1 is 1.15 bits per heavy atom. The van der Waals surface area contributed by atoms with Crippen LogP contribution in [0.4, 0.5) is 0 Å². The van der Waals surface area contributed by atoms with Gasteiger partial charge in [0.05, 0.1) is 6.33 Å². The number of nitrogens with one attached hydrogen (secondary N) is 1. The van der Waals surface area contributed by atoms with Crippen molar-refractivity contribution >= 4 is 11.2 Å². The van der Waals surface area contributed by atoms with Crippen molar-refractivity contribution in [1.29, 1.82) is 0 Å². The van der Waals surface area contributed by atoms with Crippen molar-refractivity contribution < 1.29 is 5.11 Å². The molecule has 2 N–H and O–H groups in total. The van der Waals surface area contributed by atoms with Gasteiger partial charge in [-0.05, 0) is 50.0 Å². The predicted molar refractivity (Wildman–Crippen MR) is 104 cm³/mol. The fourth-order valence-electron chi connectivity index (χ4n) is 3.17. The highest BCUT2D eigenvalue weighted by Crippen LogP contribution is 2.16. The summed E-state index contributed by atoms with van der Waals surface area (Å²) in [7, 11) is 3.10. The molecule has 0 unspecified atom stereocenters. The number of aryl methyl sites for hydroxylation is 3. The van der Waals surface area contributed by atoms with E-state index in [4.69, 9.17) is 0 Å². The van der Waals surface area contributed by atoms with Crippen LogP contribution in [0.15, 0.2) is 34.1 Å². The molecular weight excluding hydrogens is 346 g/mol. The number of imidazole rings is 1. The molecule has 0 radical (unpaired) electrons. The second-order valence-corrected chi connectivity index (χ2v) is 6.79. The molecule has 0 aliphatic heterocycles. The van der Waals surface area contributed by atoms with Gasteiger partial charge >= 0.3 is 5.69 Å². The maximum atomic E-state index is 12.4. The lowest BCUT2D eigenvalue weighted by Gasteiger charge is -2.08. The first-order valence-electron chi connectivity index (χ1n) is 9.00. The minimum atomic E-state index is -0.371. The van der Waals surface area contributed by atoms with E-state index in [-0.39, 0.29) is 11.2 Å². The van der Waals surface area contributed by atoms with Crippen LogP contribution < -0.4 is 16.6 Å². The van der Waals surface area contributed by atoms with E-state index in [0.717, 1.165) is 36.1 Å². The maximum Gasteiger partial charge on any atom is 0.332 e. The molecule has 0 aliphatic rings. The molecule has 3 aromatic rings. The Hall–Kier alpha value is -2.87. The van der Waals surface area contributed by atoms with Gasteiger partial charge < -0.3 is 15.0 Å². The van der Waals surface area contributed by atoms with Gasteiger partial charge in [-0.2, -0.15) is 0 Å². The highest BCUT2D eigenvalue weighted by molar-refractivity contribution is 5.69. The molecule has 144 valence electrons. The smallest absolute Gasteiger partial charge is 0.332 e. The van der Waals surface area contributed by atoms with Crippen molar-refractivity contribution in [2.45, 2.75) is 26.3 Å². The van der Waals surface area contributed by atoms with Crippen LogP contribution in [0.2, 0.25) is 0 Å². The third-order valence-electron chi connectivity index (χ3n) is 4.82. The Labute approximate surface area is 156 Å². The summed E-state index contributed by atoms with van der Waals surface area (Å²) < 4.78 is 4.31. The van der Waals surface area contributed by atoms with E-state index in [1.54, 1.807) is 19.4 Å². The summed E-state index contributed by atoms with van der Waals surface area (Å²) in [5.41, 5.74) is 2.25. The van der Waals surface area contributed by atoms with Crippen LogP contribution >= 0.6 is 0 Å². The van der Waals surface area contributed by atoms with Gasteiger partial charge in [0.1, 0.15) is 5.75 Å². The van der Waals surface area contributed by atoms with Crippen LogP contribution in [0, 0.1) is 6.92 Å². The highest BCUT2D eigenvalue weighted by Gasteiger charge is 2.13. The Kier molecular flexibility index (Phi) is 5.46. The molecule has 0 bridgehead atoms. The Morgan fingerprint density at radius 3 is 2.67 bits per heavy atom. The van der Waals surface area contributed by atoms with E-state index in [0.29, 0.717) is 23.5 Å². The molecule has 8 nitrogen and oxygen atoms in total. The van der Waals surface area contributed by atoms with E-state index in [2.05, 4.69) is 10.3 Å². The monoisotopic (exact) mass is 371 g/mol. The van der Waals surface area contributed by atoms with Gasteiger partial charge in [-0.3, -0.25) is 13.9 Å². The molecule has 0 spiro atoms. The molecule has 0 atom stereocenters. The first-order valence-corrected chi connectivity index (χ1v) is 9.00. The molecule has 2 aromatic heterocycles. The molecule has 0 aliphatic carbocycles. The van der Waals surface area contributed by atoms with E-state index in [9.17, 15) is 14.7 Å². The number of nitrogens with zero attached hydrogens (tertiary/aromatic N) is 4. The van der Waals surface area contributed by atoms with Crippen LogP contribution in [0.3, 0.4) is 0 Å². The van der Waals surface area contributed by atoms with Gasteiger partial charge in [-0.1, -0.05) is 12.1 Å². The topological polar surface area (TPSA) is 94.1 Å². The first kappa shape index (κ1) is 18.9. The molecular formula is C19H25N5O3. The van der Waals surface area contributed by atoms with Crippen LogP contribution in [0.1, 0.15) is 17.5 Å². The second kappa shape index (κ2) is 7.79. The zero-order valence-electron chi connectivity index (χ0n) is 15.9. The number of fused-ring (bicyclic) bond motifs is 1. The van der Waals surface area contributed by atoms with Crippen molar-refractivity contribution in [2.75, 3.05) is 13.1 Å². The zero-order chi connectivity index (χ0) is 19.6. The summed E-state index contributed by atoms with van der Waals surface area (Å²) in [6, 6.07) is 5.65. The lowest BCUT2D eigenvalue weighted by molar-refractivity contribution is 0.471. The Bertz CT molecular complexity index is 1080. The average Bonchev–Trinajstić information content (AvgIpc) is 3.08. The van der Waals surface area contributed by atoms with Crippen LogP contribution in [-0.4, -0.2) is 36.9 Å². The van der Waals surface area contributed by atoms with Gasteiger partial charge in [-0.15, -0.1) is 0 Å². The standard InChI is InChI=1S/C19H25N5O3/c1-13-11-14(5-6-15(13)25)7-9-20-8-4-10-24-12-21-17-16(24)18(26)23(3)19(27)22(17)2/h5-6,11-12,20,25H,4,7-10H2,1-3H3. The first-order chi connectivity index (χ1) is 12.9. The molecule has 0 fully saturated rings. The Balaban J connectivity index is 1.55. The number of phenolic OH excluding ortho intramolecular Hbond substituents is 1. The second-order valence-electron chi connectivity index (χ2n) is 6.79. The summed E-state index contributed by atoms with van der Waals surface area (Å²) in [4.78, 5) is 28.6. The molecule has 2 heterocycles. The number of benzene rings is 1. The highest BCUT2D eigenvalue weighted by atomic mass is 16.3. The van der Waals surface area contributed by atoms with Crippen molar-refractivity contribution in [2.24, 2.45) is 14.1 Å². The van der Waals surface area contributed by atoms with Crippen molar-refractivity contribution in [1.82, 2.24) is 24.0 Å². The largest absolute Gasteiger partial charge is 0.508 e. The number of hydrogen-bond acceptors (Lipinski definition) is 5. The van der Waals surface area contributed by atoms with E-state index in [1.807, 2.05) is 23.6 Å². The SMILES string of the molecule is Cc1cc(CCNCCCn2cnc3c2c(=O)n(C)c(=O)n3C)ccc1O. The number of phenols is 1. The van der Waals surface area contributed by atoms with Gasteiger partial charge in [-0.25, -0.2) is 9.78 Å². The normalized spacial score (nSPS) is 11.4. The van der Waals surface area contributed by atoms with Gasteiger partial charge in [0.2, 0.25) is 0 Å². The zero-order valence-corrected chi connectivity index (χ0v) is 15.9. The van der Waals surface area contributed by atoms with Gasteiger partial charge in [0.25, 0.3) is 5.56 Å². The quantitative estimate of drug-likeness (QED) is 0.596. The minimum Gasteiger partial charge on any atom is -0.508 e. The summed E-state index contributed by atoms with van der Waals surface area (Å²) in [6.07, 6.45) is 3.34. The molecule has 0 amide bonds. The number of hydrogen-bond donors (Lipinski definition) is 2. The molecule has 27 heavy (non-hydrogen) atoms. The molecule has 0 saturated carbocycles. The lowest BCUT2D eigenvalue weighted by Crippen LogP contribution is -2.37. The maximum absolute atomic E-state index is 12.4. The fourth-order valence-corrected chi connectivity index (χ4v) is 3.17. The predicted octanol–water partition coefficient (Wildman–Crippen LogP) is 0.670. The third-order valence-corrected chi connectivity index (χ3v) is 4.82. The molecule has 1 aromatic carbocycles. The molecule has 0 saturated heterocycles. The van der Waals surface area contributed by atoms with Gasteiger partial charge in [0.15, 0.2) is 11.2 Å². The minimum absolute atomic E-state index is 0.318. The summed E-state index contributed by atoms with van der Waals surface area (Å²) >= 11 is 0. The molecule has 8 heteroatoms. The summed E-state index contributed by atoms with van der Waals surface area (Å²) in [5, 5.41) is 12.9. The number of rotatable bonds is 7. The van der Waals surface area contributed by atoms with E-state index >= 15 is 0 Å². The van der Waals surface area contributed by atoms with Crippen LogP contribution in [-0.2, 0) is 27.1 Å². The number of aromatic hydroxyl groups is 1. The van der Waals surface area contributed by atoms with E-state index in [1.165, 1.54) is 17.2 Å². The van der Waals surface area contributed by atoms with Crippen molar-refractivity contribution in [3.63, 3.8) is 0 Å².